The Morgan fingerprint density at radius 3 is 2.91 bits per heavy atom. The van der Waals surface area contributed by atoms with E-state index in [0.717, 1.165) is 24.2 Å². The maximum atomic E-state index is 15.2. The molecule has 4 heterocycles. The molecule has 0 radical (unpaired) electrons. The van der Waals surface area contributed by atoms with E-state index in [1.807, 2.05) is 25.4 Å². The van der Waals surface area contributed by atoms with Crippen molar-refractivity contribution in [2.45, 2.75) is 19.4 Å². The first-order valence-electron chi connectivity index (χ1n) is 11.4. The van der Waals surface area contributed by atoms with Crippen molar-refractivity contribution in [1.82, 2.24) is 24.7 Å². The van der Waals surface area contributed by atoms with Crippen LogP contribution in [-0.4, -0.2) is 44.1 Å². The topological polar surface area (TPSA) is 87.0 Å². The van der Waals surface area contributed by atoms with Crippen LogP contribution in [0.4, 0.5) is 15.9 Å². The molecule has 35 heavy (non-hydrogen) atoms. The summed E-state index contributed by atoms with van der Waals surface area (Å²) in [6, 6.07) is 7.41. The van der Waals surface area contributed by atoms with E-state index >= 15 is 4.39 Å². The molecule has 0 aliphatic carbocycles. The minimum Gasteiger partial charge on any atom is -0.489 e. The molecule has 0 spiro atoms. The van der Waals surface area contributed by atoms with Gasteiger partial charge < -0.3 is 14.8 Å². The van der Waals surface area contributed by atoms with Crippen LogP contribution in [0.15, 0.2) is 48.5 Å². The zero-order valence-electron chi connectivity index (χ0n) is 19.2. The minimum absolute atomic E-state index is 0.0804. The lowest BCUT2D eigenvalue weighted by Crippen LogP contribution is -2.24. The van der Waals surface area contributed by atoms with E-state index in [1.165, 1.54) is 17.7 Å². The summed E-state index contributed by atoms with van der Waals surface area (Å²) >= 11 is 1.27. The molecule has 2 aromatic carbocycles. The van der Waals surface area contributed by atoms with Gasteiger partial charge in [-0.1, -0.05) is 0 Å². The monoisotopic (exact) mass is 490 g/mol. The summed E-state index contributed by atoms with van der Waals surface area (Å²) in [5.41, 5.74) is 5.15. The van der Waals surface area contributed by atoms with Crippen molar-refractivity contribution in [2.24, 2.45) is 13.0 Å². The summed E-state index contributed by atoms with van der Waals surface area (Å²) in [5, 5.41) is 8.16. The summed E-state index contributed by atoms with van der Waals surface area (Å²) in [6.07, 6.45) is 6.09. The van der Waals surface area contributed by atoms with Crippen molar-refractivity contribution in [3.05, 3.63) is 54.3 Å². The Balaban J connectivity index is 1.47. The Bertz CT molecular complexity index is 1530. The normalized spacial score (nSPS) is 16.7. The van der Waals surface area contributed by atoms with E-state index in [9.17, 15) is 0 Å². The van der Waals surface area contributed by atoms with Gasteiger partial charge in [0.1, 0.15) is 24.0 Å². The molecule has 10 heteroatoms. The number of nitrogens with one attached hydrogen (secondary N) is 1. The number of thiazole rings is 1. The average molecular weight is 491 g/mol. The SMILES string of the molecule is C[C@@H](Oc1cc(-c2cnn(C)c2)cc2ncnc(Nc3ccc4ncsc4c3F)c12)[C@@H]1CCOC1. The van der Waals surface area contributed by atoms with Crippen LogP contribution in [0.2, 0.25) is 0 Å². The maximum Gasteiger partial charge on any atom is 0.166 e. The van der Waals surface area contributed by atoms with Gasteiger partial charge in [-0.2, -0.15) is 5.10 Å². The standard InChI is InChI=1S/C25H23FN6O2S/c1-14(15-5-6-33-11-15)34-21-8-16(17-9-30-32(2)10-17)7-20-22(21)25(28-12-27-20)31-18-3-4-19-24(23(18)26)35-13-29-19/h3-4,7-10,12-15H,5-6,11H2,1-2H3,(H,27,28,31)/t14-,15-/m1/s1. The van der Waals surface area contributed by atoms with Crippen molar-refractivity contribution >= 4 is 44.0 Å². The van der Waals surface area contributed by atoms with Crippen LogP contribution < -0.4 is 10.1 Å². The summed E-state index contributed by atoms with van der Waals surface area (Å²) in [5.74, 6) is 1.03. The third-order valence-corrected chi connectivity index (χ3v) is 7.21. The first kappa shape index (κ1) is 21.9. The minimum atomic E-state index is -0.359. The number of aromatic nitrogens is 5. The van der Waals surface area contributed by atoms with Crippen LogP contribution in [0, 0.1) is 11.7 Å². The van der Waals surface area contributed by atoms with E-state index in [4.69, 9.17) is 9.47 Å². The maximum absolute atomic E-state index is 15.2. The van der Waals surface area contributed by atoms with Gasteiger partial charge in [0.05, 0.1) is 45.1 Å². The van der Waals surface area contributed by atoms with Gasteiger partial charge >= 0.3 is 0 Å². The third kappa shape index (κ3) is 4.08. The first-order chi connectivity index (χ1) is 17.1. The molecule has 1 saturated heterocycles. The molecule has 1 N–H and O–H groups in total. The molecule has 0 amide bonds. The Morgan fingerprint density at radius 2 is 2.11 bits per heavy atom. The molecular formula is C25H23FN6O2S. The molecule has 1 aliphatic rings. The second-order valence-corrected chi connectivity index (χ2v) is 9.55. The number of rotatable bonds is 6. The molecule has 8 nitrogen and oxygen atoms in total. The number of anilines is 2. The van der Waals surface area contributed by atoms with Crippen LogP contribution in [0.3, 0.4) is 0 Å². The van der Waals surface area contributed by atoms with Gasteiger partial charge in [-0.05, 0) is 43.2 Å². The molecule has 0 saturated carbocycles. The van der Waals surface area contributed by atoms with E-state index in [-0.39, 0.29) is 11.9 Å². The van der Waals surface area contributed by atoms with Crippen LogP contribution in [0.1, 0.15) is 13.3 Å². The number of benzene rings is 2. The quantitative estimate of drug-likeness (QED) is 0.344. The second kappa shape index (κ2) is 8.86. The first-order valence-corrected chi connectivity index (χ1v) is 12.3. The molecule has 3 aromatic heterocycles. The molecule has 0 unspecified atom stereocenters. The van der Waals surface area contributed by atoms with Crippen molar-refractivity contribution < 1.29 is 13.9 Å². The fraction of sp³-hybridized carbons (Fsp3) is 0.280. The fourth-order valence-electron chi connectivity index (χ4n) is 4.42. The second-order valence-electron chi connectivity index (χ2n) is 8.69. The third-order valence-electron chi connectivity index (χ3n) is 6.37. The fourth-order valence-corrected chi connectivity index (χ4v) is 5.14. The molecule has 2 atom stereocenters. The van der Waals surface area contributed by atoms with Gasteiger partial charge in [0.15, 0.2) is 5.82 Å². The summed E-state index contributed by atoms with van der Waals surface area (Å²) < 4.78 is 29.5. The lowest BCUT2D eigenvalue weighted by Gasteiger charge is -2.22. The van der Waals surface area contributed by atoms with Crippen LogP contribution in [-0.2, 0) is 11.8 Å². The number of halogens is 1. The van der Waals surface area contributed by atoms with Crippen molar-refractivity contribution in [2.75, 3.05) is 18.5 Å². The molecule has 1 aliphatic heterocycles. The van der Waals surface area contributed by atoms with Crippen molar-refractivity contribution in [3.63, 3.8) is 0 Å². The van der Waals surface area contributed by atoms with Gasteiger partial charge in [0.2, 0.25) is 0 Å². The highest BCUT2D eigenvalue weighted by molar-refractivity contribution is 7.16. The van der Waals surface area contributed by atoms with E-state index in [1.54, 1.807) is 28.5 Å². The highest BCUT2D eigenvalue weighted by Gasteiger charge is 2.25. The van der Waals surface area contributed by atoms with E-state index in [0.29, 0.717) is 50.9 Å². The number of aryl methyl sites for hydroxylation is 1. The average Bonchev–Trinajstić information content (AvgIpc) is 3.63. The number of ether oxygens (including phenoxy) is 2. The van der Waals surface area contributed by atoms with Crippen molar-refractivity contribution in [3.8, 4) is 16.9 Å². The van der Waals surface area contributed by atoms with Gasteiger partial charge in [0, 0.05) is 31.3 Å². The largest absolute Gasteiger partial charge is 0.489 e. The number of fused-ring (bicyclic) bond motifs is 2. The zero-order valence-corrected chi connectivity index (χ0v) is 20.1. The highest BCUT2D eigenvalue weighted by Crippen LogP contribution is 2.38. The van der Waals surface area contributed by atoms with Gasteiger partial charge in [-0.25, -0.2) is 19.3 Å². The highest BCUT2D eigenvalue weighted by atomic mass is 32.1. The van der Waals surface area contributed by atoms with Crippen LogP contribution >= 0.6 is 11.3 Å². The number of hydrogen-bond donors (Lipinski definition) is 1. The Morgan fingerprint density at radius 1 is 1.20 bits per heavy atom. The van der Waals surface area contributed by atoms with Gasteiger partial charge in [0.25, 0.3) is 0 Å². The summed E-state index contributed by atoms with van der Waals surface area (Å²) in [6.45, 7) is 3.46. The van der Waals surface area contributed by atoms with Crippen molar-refractivity contribution in [1.29, 1.82) is 0 Å². The van der Waals surface area contributed by atoms with E-state index in [2.05, 4.69) is 32.3 Å². The van der Waals surface area contributed by atoms with E-state index < -0.39 is 0 Å². The molecule has 6 rings (SSSR count). The summed E-state index contributed by atoms with van der Waals surface area (Å²) in [7, 11) is 1.88. The molecular weight excluding hydrogens is 467 g/mol. The number of nitrogens with zero attached hydrogens (tertiary/aromatic N) is 5. The Labute approximate surface area is 204 Å². The lowest BCUT2D eigenvalue weighted by atomic mass is 10.0. The predicted molar refractivity (Wildman–Crippen MR) is 134 cm³/mol. The van der Waals surface area contributed by atoms with Gasteiger partial charge in [-0.15, -0.1) is 11.3 Å². The molecule has 0 bridgehead atoms. The zero-order chi connectivity index (χ0) is 23.9. The van der Waals surface area contributed by atoms with Crippen LogP contribution in [0.25, 0.3) is 32.2 Å². The Hall–Kier alpha value is -3.63. The van der Waals surface area contributed by atoms with Crippen LogP contribution in [0.5, 0.6) is 5.75 Å². The molecule has 1 fully saturated rings. The Kier molecular flexibility index (Phi) is 5.54. The summed E-state index contributed by atoms with van der Waals surface area (Å²) in [4.78, 5) is 13.2. The lowest BCUT2D eigenvalue weighted by molar-refractivity contribution is 0.124. The van der Waals surface area contributed by atoms with Gasteiger partial charge in [-0.3, -0.25) is 4.68 Å². The molecule has 5 aromatic rings. The number of hydrogen-bond acceptors (Lipinski definition) is 8. The predicted octanol–water partition coefficient (Wildman–Crippen LogP) is 5.33. The smallest absolute Gasteiger partial charge is 0.166 e. The molecule has 178 valence electrons.